The Morgan fingerprint density at radius 2 is 2.05 bits per heavy atom. The van der Waals surface area contributed by atoms with Crippen molar-refractivity contribution >= 4 is 27.5 Å². The molecule has 0 saturated heterocycles. The average molecular weight is 366 g/mol. The number of benzene rings is 2. The molecule has 5 heteroatoms. The molecule has 22 heavy (non-hydrogen) atoms. The van der Waals surface area contributed by atoms with Gasteiger partial charge in [0.15, 0.2) is 6.61 Å². The first kappa shape index (κ1) is 16.5. The van der Waals surface area contributed by atoms with Gasteiger partial charge >= 0.3 is 0 Å². The van der Waals surface area contributed by atoms with Crippen LogP contribution in [0.4, 0.5) is 10.1 Å². The van der Waals surface area contributed by atoms with Crippen molar-refractivity contribution in [3.05, 3.63) is 58.3 Å². The Balaban J connectivity index is 1.92. The van der Waals surface area contributed by atoms with Crippen molar-refractivity contribution in [3.63, 3.8) is 0 Å². The van der Waals surface area contributed by atoms with Crippen LogP contribution in [0.2, 0.25) is 0 Å². The van der Waals surface area contributed by atoms with Crippen molar-refractivity contribution in [2.24, 2.45) is 0 Å². The highest BCUT2D eigenvalue weighted by Gasteiger charge is 2.09. The summed E-state index contributed by atoms with van der Waals surface area (Å²) in [6, 6.07) is 11.8. The average Bonchev–Trinajstić information content (AvgIpc) is 2.49. The second kappa shape index (κ2) is 7.94. The van der Waals surface area contributed by atoms with Gasteiger partial charge in [-0.15, -0.1) is 0 Å². The number of hydrogen-bond acceptors (Lipinski definition) is 2. The number of para-hydroxylation sites is 1. The minimum absolute atomic E-state index is 0.147. The van der Waals surface area contributed by atoms with E-state index < -0.39 is 11.7 Å². The molecule has 3 nitrogen and oxygen atoms in total. The van der Waals surface area contributed by atoms with Crippen LogP contribution in [-0.2, 0) is 11.2 Å². The molecule has 0 heterocycles. The lowest BCUT2D eigenvalue weighted by Gasteiger charge is -2.10. The Labute approximate surface area is 137 Å². The van der Waals surface area contributed by atoms with Crippen LogP contribution in [-0.4, -0.2) is 12.5 Å². The molecule has 0 aliphatic rings. The van der Waals surface area contributed by atoms with Gasteiger partial charge in [0.05, 0.1) is 10.2 Å². The minimum atomic E-state index is -0.471. The quantitative estimate of drug-likeness (QED) is 0.814. The molecule has 1 amide bonds. The number of anilines is 1. The van der Waals surface area contributed by atoms with Gasteiger partial charge in [0.2, 0.25) is 0 Å². The van der Waals surface area contributed by atoms with Gasteiger partial charge in [0, 0.05) is 0 Å². The first-order chi connectivity index (χ1) is 10.6. The summed E-state index contributed by atoms with van der Waals surface area (Å²) in [5.41, 5.74) is 1.35. The third-order valence-corrected chi connectivity index (χ3v) is 3.66. The summed E-state index contributed by atoms with van der Waals surface area (Å²) < 4.78 is 19.7. The van der Waals surface area contributed by atoms with Gasteiger partial charge in [-0.25, -0.2) is 4.39 Å². The van der Waals surface area contributed by atoms with Crippen LogP contribution < -0.4 is 10.1 Å². The Kier molecular flexibility index (Phi) is 5.95. The topological polar surface area (TPSA) is 38.3 Å². The number of aryl methyl sites for hydroxylation is 1. The van der Waals surface area contributed by atoms with Crippen LogP contribution in [0, 0.1) is 5.82 Å². The van der Waals surface area contributed by atoms with Crippen LogP contribution in [0.1, 0.15) is 18.9 Å². The van der Waals surface area contributed by atoms with Gasteiger partial charge in [-0.05, 0) is 52.2 Å². The number of carbonyl (C=O) groups is 1. The summed E-state index contributed by atoms with van der Waals surface area (Å²) in [4.78, 5) is 11.8. The van der Waals surface area contributed by atoms with Gasteiger partial charge in [0.25, 0.3) is 5.91 Å². The lowest BCUT2D eigenvalue weighted by molar-refractivity contribution is -0.118. The SMILES string of the molecule is CCCc1ccc(OCC(=O)Nc2ccccc2F)c(Br)c1. The monoisotopic (exact) mass is 365 g/mol. The number of hydrogen-bond donors (Lipinski definition) is 1. The first-order valence-electron chi connectivity index (χ1n) is 7.05. The molecule has 2 rings (SSSR count). The number of amides is 1. The molecule has 0 aromatic heterocycles. The summed E-state index contributed by atoms with van der Waals surface area (Å²) in [6.07, 6.45) is 2.06. The molecule has 0 aliphatic heterocycles. The molecular formula is C17H17BrFNO2. The van der Waals surface area contributed by atoms with Crippen molar-refractivity contribution in [3.8, 4) is 5.75 Å². The first-order valence-corrected chi connectivity index (χ1v) is 7.85. The maximum atomic E-state index is 13.4. The van der Waals surface area contributed by atoms with E-state index in [-0.39, 0.29) is 12.3 Å². The van der Waals surface area contributed by atoms with Crippen LogP contribution in [0.3, 0.4) is 0 Å². The fourth-order valence-corrected chi connectivity index (χ4v) is 2.54. The van der Waals surface area contributed by atoms with Crippen LogP contribution in [0.5, 0.6) is 5.75 Å². The van der Waals surface area contributed by atoms with Crippen molar-refractivity contribution in [2.75, 3.05) is 11.9 Å². The standard InChI is InChI=1S/C17H17BrFNO2/c1-2-5-12-8-9-16(13(18)10-12)22-11-17(21)20-15-7-4-3-6-14(15)19/h3-4,6-10H,2,5,11H2,1H3,(H,20,21). The molecule has 0 fully saturated rings. The van der Waals surface area contributed by atoms with Crippen molar-refractivity contribution in [2.45, 2.75) is 19.8 Å². The molecule has 0 unspecified atom stereocenters. The maximum Gasteiger partial charge on any atom is 0.262 e. The summed E-state index contributed by atoms with van der Waals surface area (Å²) in [7, 11) is 0. The van der Waals surface area contributed by atoms with E-state index in [4.69, 9.17) is 4.74 Å². The Morgan fingerprint density at radius 3 is 2.73 bits per heavy atom. The highest BCUT2D eigenvalue weighted by Crippen LogP contribution is 2.26. The van der Waals surface area contributed by atoms with Gasteiger partial charge in [0.1, 0.15) is 11.6 Å². The number of rotatable bonds is 6. The zero-order valence-electron chi connectivity index (χ0n) is 12.2. The van der Waals surface area contributed by atoms with E-state index >= 15 is 0 Å². The van der Waals surface area contributed by atoms with Crippen LogP contribution >= 0.6 is 15.9 Å². The largest absolute Gasteiger partial charge is 0.483 e. The van der Waals surface area contributed by atoms with Crippen molar-refractivity contribution in [1.29, 1.82) is 0 Å². The summed E-state index contributed by atoms with van der Waals surface area (Å²) in [5.74, 6) is -0.292. The molecule has 2 aromatic rings. The molecular weight excluding hydrogens is 349 g/mol. The molecule has 0 saturated carbocycles. The van der Waals surface area contributed by atoms with E-state index in [2.05, 4.69) is 28.2 Å². The fourth-order valence-electron chi connectivity index (χ4n) is 2.00. The molecule has 116 valence electrons. The van der Waals surface area contributed by atoms with Crippen molar-refractivity contribution in [1.82, 2.24) is 0 Å². The van der Waals surface area contributed by atoms with Crippen LogP contribution in [0.15, 0.2) is 46.9 Å². The lowest BCUT2D eigenvalue weighted by Crippen LogP contribution is -2.20. The van der Waals surface area contributed by atoms with Gasteiger partial charge in [-0.2, -0.15) is 0 Å². The Morgan fingerprint density at radius 1 is 1.27 bits per heavy atom. The van der Waals surface area contributed by atoms with E-state index in [0.717, 1.165) is 17.3 Å². The minimum Gasteiger partial charge on any atom is -0.483 e. The predicted octanol–water partition coefficient (Wildman–Crippen LogP) is 4.56. The summed E-state index contributed by atoms with van der Waals surface area (Å²) in [6.45, 7) is 1.94. The maximum absolute atomic E-state index is 13.4. The Hall–Kier alpha value is -1.88. The molecule has 0 radical (unpaired) electrons. The number of ether oxygens (including phenoxy) is 1. The second-order valence-electron chi connectivity index (χ2n) is 4.83. The van der Waals surface area contributed by atoms with Gasteiger partial charge in [-0.1, -0.05) is 31.5 Å². The zero-order chi connectivity index (χ0) is 15.9. The number of nitrogens with one attached hydrogen (secondary N) is 1. The van der Waals surface area contributed by atoms with Crippen LogP contribution in [0.25, 0.3) is 0 Å². The Bertz CT molecular complexity index is 661. The zero-order valence-corrected chi connectivity index (χ0v) is 13.8. The van der Waals surface area contributed by atoms with E-state index in [1.54, 1.807) is 12.1 Å². The van der Waals surface area contributed by atoms with E-state index in [1.807, 2.05) is 18.2 Å². The highest BCUT2D eigenvalue weighted by molar-refractivity contribution is 9.10. The fraction of sp³-hybridized carbons (Fsp3) is 0.235. The smallest absolute Gasteiger partial charge is 0.262 e. The number of carbonyl (C=O) groups excluding carboxylic acids is 1. The van der Waals surface area contributed by atoms with Gasteiger partial charge < -0.3 is 10.1 Å². The summed E-state index contributed by atoms with van der Waals surface area (Å²) >= 11 is 3.43. The van der Waals surface area contributed by atoms with E-state index in [0.29, 0.717) is 5.75 Å². The van der Waals surface area contributed by atoms with Gasteiger partial charge in [-0.3, -0.25) is 4.79 Å². The molecule has 0 spiro atoms. The normalized spacial score (nSPS) is 10.3. The van der Waals surface area contributed by atoms with E-state index in [1.165, 1.54) is 17.7 Å². The molecule has 2 aromatic carbocycles. The lowest BCUT2D eigenvalue weighted by atomic mass is 10.1. The predicted molar refractivity (Wildman–Crippen MR) is 88.7 cm³/mol. The van der Waals surface area contributed by atoms with E-state index in [9.17, 15) is 9.18 Å². The molecule has 0 aliphatic carbocycles. The third-order valence-electron chi connectivity index (χ3n) is 3.04. The molecule has 1 N–H and O–H groups in total. The number of halogens is 2. The van der Waals surface area contributed by atoms with Crippen molar-refractivity contribution < 1.29 is 13.9 Å². The molecule has 0 atom stereocenters. The third kappa shape index (κ3) is 4.56. The highest BCUT2D eigenvalue weighted by atomic mass is 79.9. The summed E-state index contributed by atoms with van der Waals surface area (Å²) in [5, 5.41) is 2.48. The molecule has 0 bridgehead atoms. The second-order valence-corrected chi connectivity index (χ2v) is 5.69.